The van der Waals surface area contributed by atoms with Crippen molar-refractivity contribution < 1.29 is 9.18 Å². The second-order valence-corrected chi connectivity index (χ2v) is 5.95. The third-order valence-electron chi connectivity index (χ3n) is 4.40. The highest BCUT2D eigenvalue weighted by molar-refractivity contribution is 5.85. The van der Waals surface area contributed by atoms with E-state index in [9.17, 15) is 9.18 Å². The normalized spacial score (nSPS) is 21.0. The van der Waals surface area contributed by atoms with Gasteiger partial charge < -0.3 is 10.6 Å². The lowest BCUT2D eigenvalue weighted by Crippen LogP contribution is -2.38. The van der Waals surface area contributed by atoms with Gasteiger partial charge in [-0.15, -0.1) is 12.4 Å². The fourth-order valence-corrected chi connectivity index (χ4v) is 3.08. The second-order valence-electron chi connectivity index (χ2n) is 5.95. The minimum absolute atomic E-state index is 0. The third-order valence-corrected chi connectivity index (χ3v) is 4.40. The molecule has 0 spiro atoms. The number of nitrogens with two attached hydrogens (primary N) is 1. The van der Waals surface area contributed by atoms with Gasteiger partial charge in [0.15, 0.2) is 0 Å². The van der Waals surface area contributed by atoms with E-state index in [1.807, 2.05) is 13.0 Å². The Kier molecular flexibility index (Phi) is 7.83. The molecule has 0 heterocycles. The molecule has 1 aromatic carbocycles. The summed E-state index contributed by atoms with van der Waals surface area (Å²) in [5, 5.41) is 0. The zero-order valence-electron chi connectivity index (χ0n) is 13.1. The molecular formula is C17H26ClFN2O. The van der Waals surface area contributed by atoms with Crippen molar-refractivity contribution in [1.29, 1.82) is 0 Å². The molecular weight excluding hydrogens is 303 g/mol. The molecule has 0 radical (unpaired) electrons. The summed E-state index contributed by atoms with van der Waals surface area (Å²) in [5.74, 6) is 0.169. The van der Waals surface area contributed by atoms with Gasteiger partial charge in [0.1, 0.15) is 5.82 Å². The molecule has 1 aromatic rings. The number of nitrogens with zero attached hydrogens (tertiary/aromatic N) is 1. The highest BCUT2D eigenvalue weighted by Crippen LogP contribution is 2.26. The SMILES string of the molecule is CCN(Cc1cccc(F)c1)C(=O)CC1CCCCC1N.Cl. The van der Waals surface area contributed by atoms with Gasteiger partial charge in [-0.2, -0.15) is 0 Å². The molecule has 2 unspecified atom stereocenters. The molecule has 1 aliphatic rings. The fraction of sp³-hybridized carbons (Fsp3) is 0.588. The van der Waals surface area contributed by atoms with Crippen LogP contribution in [-0.4, -0.2) is 23.4 Å². The van der Waals surface area contributed by atoms with Gasteiger partial charge in [-0.25, -0.2) is 4.39 Å². The minimum atomic E-state index is -0.259. The van der Waals surface area contributed by atoms with Crippen LogP contribution < -0.4 is 5.73 Å². The van der Waals surface area contributed by atoms with Crippen LogP contribution in [0.2, 0.25) is 0 Å². The van der Waals surface area contributed by atoms with Crippen LogP contribution >= 0.6 is 12.4 Å². The summed E-state index contributed by atoms with van der Waals surface area (Å²) in [6, 6.07) is 6.59. The zero-order chi connectivity index (χ0) is 15.2. The second kappa shape index (κ2) is 9.11. The largest absolute Gasteiger partial charge is 0.339 e. The van der Waals surface area contributed by atoms with Crippen LogP contribution in [0.1, 0.15) is 44.6 Å². The molecule has 3 nitrogen and oxygen atoms in total. The summed E-state index contributed by atoms with van der Waals surface area (Å²) in [7, 11) is 0. The maximum atomic E-state index is 13.2. The summed E-state index contributed by atoms with van der Waals surface area (Å²) in [6.45, 7) is 3.06. The summed E-state index contributed by atoms with van der Waals surface area (Å²) < 4.78 is 13.2. The maximum absolute atomic E-state index is 13.2. The predicted molar refractivity (Wildman–Crippen MR) is 89.3 cm³/mol. The van der Waals surface area contributed by atoms with E-state index < -0.39 is 0 Å². The van der Waals surface area contributed by atoms with Crippen LogP contribution in [0.15, 0.2) is 24.3 Å². The smallest absolute Gasteiger partial charge is 0.223 e. The van der Waals surface area contributed by atoms with Crippen molar-refractivity contribution >= 4 is 18.3 Å². The molecule has 22 heavy (non-hydrogen) atoms. The van der Waals surface area contributed by atoms with Gasteiger partial charge >= 0.3 is 0 Å². The number of hydrogen-bond acceptors (Lipinski definition) is 2. The van der Waals surface area contributed by atoms with E-state index in [4.69, 9.17) is 5.73 Å². The van der Waals surface area contributed by atoms with E-state index in [0.29, 0.717) is 25.4 Å². The van der Waals surface area contributed by atoms with E-state index in [0.717, 1.165) is 18.4 Å². The molecule has 0 bridgehead atoms. The van der Waals surface area contributed by atoms with E-state index in [-0.39, 0.29) is 30.2 Å². The Labute approximate surface area is 138 Å². The minimum Gasteiger partial charge on any atom is -0.339 e. The monoisotopic (exact) mass is 328 g/mol. The average Bonchev–Trinajstić information content (AvgIpc) is 2.47. The molecule has 2 atom stereocenters. The van der Waals surface area contributed by atoms with Crippen LogP contribution in [0.5, 0.6) is 0 Å². The van der Waals surface area contributed by atoms with Crippen LogP contribution in [0.3, 0.4) is 0 Å². The van der Waals surface area contributed by atoms with Gasteiger partial charge in [0.05, 0.1) is 0 Å². The van der Waals surface area contributed by atoms with E-state index in [2.05, 4.69) is 0 Å². The van der Waals surface area contributed by atoms with Crippen molar-refractivity contribution in [2.45, 2.75) is 51.6 Å². The Bertz CT molecular complexity index is 483. The number of carbonyl (C=O) groups is 1. The molecule has 0 aromatic heterocycles. The molecule has 5 heteroatoms. The summed E-state index contributed by atoms with van der Waals surface area (Å²) in [6.07, 6.45) is 4.93. The average molecular weight is 329 g/mol. The highest BCUT2D eigenvalue weighted by atomic mass is 35.5. The molecule has 0 aliphatic heterocycles. The summed E-state index contributed by atoms with van der Waals surface area (Å²) in [5.41, 5.74) is 6.95. The lowest BCUT2D eigenvalue weighted by Gasteiger charge is -2.30. The van der Waals surface area contributed by atoms with Crippen molar-refractivity contribution in [1.82, 2.24) is 4.90 Å². The van der Waals surface area contributed by atoms with Crippen molar-refractivity contribution in [3.05, 3.63) is 35.6 Å². The van der Waals surface area contributed by atoms with Crippen LogP contribution in [0.25, 0.3) is 0 Å². The quantitative estimate of drug-likeness (QED) is 0.899. The first-order valence-corrected chi connectivity index (χ1v) is 7.88. The Morgan fingerprint density at radius 2 is 2.09 bits per heavy atom. The van der Waals surface area contributed by atoms with E-state index >= 15 is 0 Å². The number of benzene rings is 1. The van der Waals surface area contributed by atoms with E-state index in [1.54, 1.807) is 11.0 Å². The molecule has 124 valence electrons. The van der Waals surface area contributed by atoms with Crippen molar-refractivity contribution in [3.63, 3.8) is 0 Å². The third kappa shape index (κ3) is 5.25. The van der Waals surface area contributed by atoms with Crippen molar-refractivity contribution in [2.24, 2.45) is 11.7 Å². The highest BCUT2D eigenvalue weighted by Gasteiger charge is 2.26. The van der Waals surface area contributed by atoms with Crippen LogP contribution in [-0.2, 0) is 11.3 Å². The van der Waals surface area contributed by atoms with Crippen molar-refractivity contribution in [2.75, 3.05) is 6.54 Å². The molecule has 1 amide bonds. The first-order chi connectivity index (χ1) is 10.1. The van der Waals surface area contributed by atoms with Crippen molar-refractivity contribution in [3.8, 4) is 0 Å². The molecule has 1 aliphatic carbocycles. The van der Waals surface area contributed by atoms with Gasteiger partial charge in [0.2, 0.25) is 5.91 Å². The molecule has 2 rings (SSSR count). The van der Waals surface area contributed by atoms with Gasteiger partial charge in [0, 0.05) is 25.6 Å². The van der Waals surface area contributed by atoms with Gasteiger partial charge in [-0.05, 0) is 43.4 Å². The first-order valence-electron chi connectivity index (χ1n) is 7.88. The Morgan fingerprint density at radius 1 is 1.36 bits per heavy atom. The number of halogens is 2. The number of carbonyl (C=O) groups excluding carboxylic acids is 1. The van der Waals surface area contributed by atoms with Crippen LogP contribution in [0, 0.1) is 11.7 Å². The summed E-state index contributed by atoms with van der Waals surface area (Å²) in [4.78, 5) is 14.2. The maximum Gasteiger partial charge on any atom is 0.223 e. The first kappa shape index (κ1) is 18.9. The molecule has 1 saturated carbocycles. The predicted octanol–water partition coefficient (Wildman–Crippen LogP) is 3.50. The molecule has 0 saturated heterocycles. The Hall–Kier alpha value is -1.13. The van der Waals surface area contributed by atoms with Gasteiger partial charge in [0.25, 0.3) is 0 Å². The van der Waals surface area contributed by atoms with Gasteiger partial charge in [-0.3, -0.25) is 4.79 Å². The summed E-state index contributed by atoms with van der Waals surface area (Å²) >= 11 is 0. The van der Waals surface area contributed by atoms with Crippen LogP contribution in [0.4, 0.5) is 4.39 Å². The molecule has 1 fully saturated rings. The lowest BCUT2D eigenvalue weighted by molar-refractivity contribution is -0.133. The number of amides is 1. The standard InChI is InChI=1S/C17H25FN2O.ClH/c1-2-20(12-13-6-5-8-15(18)10-13)17(21)11-14-7-3-4-9-16(14)19;/h5-6,8,10,14,16H,2-4,7,9,11-12,19H2,1H3;1H. The number of hydrogen-bond donors (Lipinski definition) is 1. The van der Waals surface area contributed by atoms with Gasteiger partial charge in [-0.1, -0.05) is 25.0 Å². The Balaban J connectivity index is 0.00000242. The number of rotatable bonds is 5. The van der Waals surface area contributed by atoms with E-state index in [1.165, 1.54) is 25.0 Å². The zero-order valence-corrected chi connectivity index (χ0v) is 13.9. The Morgan fingerprint density at radius 3 is 2.73 bits per heavy atom. The lowest BCUT2D eigenvalue weighted by atomic mass is 9.82. The fourth-order valence-electron chi connectivity index (χ4n) is 3.08. The molecule has 2 N–H and O–H groups in total. The topological polar surface area (TPSA) is 46.3 Å².